The van der Waals surface area contributed by atoms with Crippen LogP contribution in [-0.4, -0.2) is 29.8 Å². The van der Waals surface area contributed by atoms with E-state index in [1.54, 1.807) is 0 Å². The van der Waals surface area contributed by atoms with Gasteiger partial charge in [-0.15, -0.1) is 12.3 Å². The smallest absolute Gasteiger partial charge is 0.137 e. The molecule has 2 unspecified atom stereocenters. The van der Waals surface area contributed by atoms with E-state index >= 15 is 0 Å². The number of rotatable bonds is 3. The normalized spacial score (nSPS) is 31.6. The van der Waals surface area contributed by atoms with Crippen molar-refractivity contribution in [1.82, 2.24) is 4.90 Å². The standard InChI is InChI=1S/C14H21NO/c1-2-3-10-15-11-6-8-13(15)12-7-4-5-9-14(12)16/h1,12-13H,3-11H2. The number of nitrogens with zero attached hydrogens (tertiary/aromatic N) is 1. The molecule has 2 atom stereocenters. The number of hydrogen-bond donors (Lipinski definition) is 0. The van der Waals surface area contributed by atoms with Crippen LogP contribution in [0.25, 0.3) is 0 Å². The Labute approximate surface area is 98.4 Å². The number of carbonyl (C=O) groups is 1. The summed E-state index contributed by atoms with van der Waals surface area (Å²) in [6.45, 7) is 2.11. The zero-order chi connectivity index (χ0) is 11.4. The Morgan fingerprint density at radius 3 is 2.94 bits per heavy atom. The Kier molecular flexibility index (Phi) is 4.01. The molecule has 0 amide bonds. The molecule has 0 aromatic heterocycles. The van der Waals surface area contributed by atoms with Crippen molar-refractivity contribution in [2.75, 3.05) is 13.1 Å². The topological polar surface area (TPSA) is 20.3 Å². The fraction of sp³-hybridized carbons (Fsp3) is 0.786. The van der Waals surface area contributed by atoms with E-state index < -0.39 is 0 Å². The minimum Gasteiger partial charge on any atom is -0.299 e. The van der Waals surface area contributed by atoms with E-state index in [0.717, 1.165) is 38.8 Å². The SMILES string of the molecule is C#CCCN1CCCC1C1CCCCC1=O. The van der Waals surface area contributed by atoms with Crippen molar-refractivity contribution in [2.45, 2.75) is 51.0 Å². The highest BCUT2D eigenvalue weighted by Gasteiger charge is 2.36. The highest BCUT2D eigenvalue weighted by molar-refractivity contribution is 5.82. The third-order valence-corrected chi connectivity index (χ3v) is 4.02. The monoisotopic (exact) mass is 219 g/mol. The molecule has 0 bridgehead atoms. The van der Waals surface area contributed by atoms with Crippen molar-refractivity contribution in [3.8, 4) is 12.3 Å². The maximum atomic E-state index is 11.9. The van der Waals surface area contributed by atoms with E-state index in [4.69, 9.17) is 6.42 Å². The molecule has 0 aromatic carbocycles. The van der Waals surface area contributed by atoms with Crippen molar-refractivity contribution in [3.63, 3.8) is 0 Å². The lowest BCUT2D eigenvalue weighted by molar-refractivity contribution is -0.126. The summed E-state index contributed by atoms with van der Waals surface area (Å²) in [7, 11) is 0. The Balaban J connectivity index is 1.96. The lowest BCUT2D eigenvalue weighted by atomic mass is 9.82. The lowest BCUT2D eigenvalue weighted by Gasteiger charge is -2.32. The maximum absolute atomic E-state index is 11.9. The van der Waals surface area contributed by atoms with Gasteiger partial charge in [-0.3, -0.25) is 9.69 Å². The van der Waals surface area contributed by atoms with Gasteiger partial charge in [-0.2, -0.15) is 0 Å². The highest BCUT2D eigenvalue weighted by Crippen LogP contribution is 2.32. The van der Waals surface area contributed by atoms with Gasteiger partial charge >= 0.3 is 0 Å². The molecule has 16 heavy (non-hydrogen) atoms. The van der Waals surface area contributed by atoms with Crippen LogP contribution in [0, 0.1) is 18.3 Å². The summed E-state index contributed by atoms with van der Waals surface area (Å²) in [6.07, 6.45) is 12.8. The van der Waals surface area contributed by atoms with Gasteiger partial charge in [0, 0.05) is 31.3 Å². The highest BCUT2D eigenvalue weighted by atomic mass is 16.1. The van der Waals surface area contributed by atoms with E-state index in [1.165, 1.54) is 19.3 Å². The Morgan fingerprint density at radius 1 is 1.31 bits per heavy atom. The van der Waals surface area contributed by atoms with Crippen LogP contribution in [0.4, 0.5) is 0 Å². The van der Waals surface area contributed by atoms with Crippen LogP contribution in [0.5, 0.6) is 0 Å². The van der Waals surface area contributed by atoms with Crippen LogP contribution < -0.4 is 0 Å². The zero-order valence-electron chi connectivity index (χ0n) is 9.95. The van der Waals surface area contributed by atoms with Gasteiger partial charge in [0.05, 0.1) is 0 Å². The Hall–Kier alpha value is -0.810. The van der Waals surface area contributed by atoms with E-state index in [-0.39, 0.29) is 0 Å². The van der Waals surface area contributed by atoms with Crippen LogP contribution in [0.3, 0.4) is 0 Å². The molecule has 0 spiro atoms. The number of likely N-dealkylation sites (tertiary alicyclic amines) is 1. The Morgan fingerprint density at radius 2 is 2.19 bits per heavy atom. The number of ketones is 1. The molecule has 88 valence electrons. The fourth-order valence-corrected chi connectivity index (χ4v) is 3.21. The third kappa shape index (κ3) is 2.47. The number of Topliss-reactive ketones (excluding diaryl/α,β-unsaturated/α-hetero) is 1. The van der Waals surface area contributed by atoms with Crippen molar-refractivity contribution in [3.05, 3.63) is 0 Å². The minimum absolute atomic E-state index is 0.314. The molecule has 2 fully saturated rings. The summed E-state index contributed by atoms with van der Waals surface area (Å²) in [5, 5.41) is 0. The quantitative estimate of drug-likeness (QED) is 0.678. The number of hydrogen-bond acceptors (Lipinski definition) is 2. The molecule has 0 aromatic rings. The van der Waals surface area contributed by atoms with Gasteiger partial charge in [0.1, 0.15) is 5.78 Å². The van der Waals surface area contributed by atoms with Crippen LogP contribution in [0.2, 0.25) is 0 Å². The molecule has 1 aliphatic heterocycles. The molecule has 1 saturated carbocycles. The molecule has 2 rings (SSSR count). The fourth-order valence-electron chi connectivity index (χ4n) is 3.21. The molecular weight excluding hydrogens is 198 g/mol. The molecular formula is C14H21NO. The second kappa shape index (κ2) is 5.50. The minimum atomic E-state index is 0.314. The summed E-state index contributed by atoms with van der Waals surface area (Å²) in [5.74, 6) is 3.52. The maximum Gasteiger partial charge on any atom is 0.137 e. The predicted octanol–water partition coefficient (Wildman–Crippen LogP) is 2.23. The van der Waals surface area contributed by atoms with Crippen molar-refractivity contribution >= 4 is 5.78 Å². The van der Waals surface area contributed by atoms with Crippen LogP contribution >= 0.6 is 0 Å². The van der Waals surface area contributed by atoms with E-state index in [1.807, 2.05) is 0 Å². The van der Waals surface area contributed by atoms with E-state index in [9.17, 15) is 4.79 Å². The first-order valence-electron chi connectivity index (χ1n) is 6.53. The van der Waals surface area contributed by atoms with Crippen molar-refractivity contribution in [1.29, 1.82) is 0 Å². The number of terminal acetylenes is 1. The molecule has 1 aliphatic carbocycles. The average molecular weight is 219 g/mol. The van der Waals surface area contributed by atoms with Crippen LogP contribution in [0.15, 0.2) is 0 Å². The van der Waals surface area contributed by atoms with Crippen molar-refractivity contribution in [2.24, 2.45) is 5.92 Å². The van der Waals surface area contributed by atoms with E-state index in [2.05, 4.69) is 10.8 Å². The first kappa shape index (κ1) is 11.7. The van der Waals surface area contributed by atoms with Gasteiger partial charge < -0.3 is 0 Å². The summed E-state index contributed by atoms with van der Waals surface area (Å²) < 4.78 is 0. The summed E-state index contributed by atoms with van der Waals surface area (Å²) >= 11 is 0. The van der Waals surface area contributed by atoms with Gasteiger partial charge in [-0.1, -0.05) is 6.42 Å². The van der Waals surface area contributed by atoms with Gasteiger partial charge in [-0.05, 0) is 32.2 Å². The zero-order valence-corrected chi connectivity index (χ0v) is 9.95. The molecule has 2 nitrogen and oxygen atoms in total. The largest absolute Gasteiger partial charge is 0.299 e. The van der Waals surface area contributed by atoms with E-state index in [0.29, 0.717) is 17.7 Å². The van der Waals surface area contributed by atoms with Crippen LogP contribution in [-0.2, 0) is 4.79 Å². The van der Waals surface area contributed by atoms with Gasteiger partial charge in [0.2, 0.25) is 0 Å². The molecule has 2 aliphatic rings. The van der Waals surface area contributed by atoms with Crippen molar-refractivity contribution < 1.29 is 4.79 Å². The molecule has 2 heteroatoms. The average Bonchev–Trinajstić information content (AvgIpc) is 2.75. The summed E-state index contributed by atoms with van der Waals surface area (Å²) in [4.78, 5) is 14.4. The van der Waals surface area contributed by atoms with Gasteiger partial charge in [-0.25, -0.2) is 0 Å². The molecule has 0 N–H and O–H groups in total. The van der Waals surface area contributed by atoms with Gasteiger partial charge in [0.25, 0.3) is 0 Å². The Bertz CT molecular complexity index is 292. The first-order valence-corrected chi connectivity index (χ1v) is 6.53. The molecule has 1 saturated heterocycles. The van der Waals surface area contributed by atoms with Crippen LogP contribution in [0.1, 0.15) is 44.9 Å². The van der Waals surface area contributed by atoms with Gasteiger partial charge in [0.15, 0.2) is 0 Å². The number of carbonyl (C=O) groups excluding carboxylic acids is 1. The molecule has 1 heterocycles. The second-order valence-corrected chi connectivity index (χ2v) is 5.02. The summed E-state index contributed by atoms with van der Waals surface area (Å²) in [6, 6.07) is 0.501. The first-order chi connectivity index (χ1) is 7.83. The lowest BCUT2D eigenvalue weighted by Crippen LogP contribution is -2.41. The third-order valence-electron chi connectivity index (χ3n) is 4.02. The summed E-state index contributed by atoms with van der Waals surface area (Å²) in [5.41, 5.74) is 0. The predicted molar refractivity (Wildman–Crippen MR) is 65.0 cm³/mol. The second-order valence-electron chi connectivity index (χ2n) is 5.02. The molecule has 0 radical (unpaired) electrons.